The van der Waals surface area contributed by atoms with Gasteiger partial charge in [0.05, 0.1) is 22.3 Å². The highest BCUT2D eigenvalue weighted by molar-refractivity contribution is 9.13. The number of phenols is 2. The van der Waals surface area contributed by atoms with Crippen LogP contribution in [0.2, 0.25) is 0 Å². The molecule has 0 saturated carbocycles. The second-order valence-corrected chi connectivity index (χ2v) is 7.28. The molecule has 138 valence electrons. The summed E-state index contributed by atoms with van der Waals surface area (Å²) in [7, 11) is 1.55. The summed E-state index contributed by atoms with van der Waals surface area (Å²) in [4.78, 5) is 11.8. The number of carbonyl (C=O) groups excluding carboxylic acids is 1. The van der Waals surface area contributed by atoms with Gasteiger partial charge in [-0.3, -0.25) is 4.79 Å². The van der Waals surface area contributed by atoms with E-state index in [-0.39, 0.29) is 22.6 Å². The molecule has 0 aliphatic heterocycles. The van der Waals surface area contributed by atoms with Crippen molar-refractivity contribution in [3.8, 4) is 23.0 Å². The molecule has 0 unspecified atom stereocenters. The molecule has 0 fully saturated rings. The molecule has 0 aliphatic carbocycles. The predicted molar refractivity (Wildman–Crippen MR) is 107 cm³/mol. The van der Waals surface area contributed by atoms with Crippen LogP contribution in [0.25, 0.3) is 0 Å². The van der Waals surface area contributed by atoms with Gasteiger partial charge in [-0.2, -0.15) is 5.10 Å². The average Bonchev–Trinajstić information content (AvgIpc) is 2.63. The van der Waals surface area contributed by atoms with Gasteiger partial charge in [0.15, 0.2) is 18.1 Å². The van der Waals surface area contributed by atoms with Crippen LogP contribution in [-0.2, 0) is 4.79 Å². The number of hydrogen-bond acceptors (Lipinski definition) is 6. The average molecular weight is 553 g/mol. The van der Waals surface area contributed by atoms with Crippen molar-refractivity contribution in [1.82, 2.24) is 5.43 Å². The second-order valence-electron chi connectivity index (χ2n) is 4.84. The summed E-state index contributed by atoms with van der Waals surface area (Å²) >= 11 is 9.71. The maximum atomic E-state index is 11.8. The minimum absolute atomic E-state index is 0.242. The molecule has 10 heteroatoms. The molecule has 3 N–H and O–H groups in total. The van der Waals surface area contributed by atoms with Gasteiger partial charge < -0.3 is 19.7 Å². The first-order valence-electron chi connectivity index (χ1n) is 7.01. The number of phenolic OH excluding ortho intramolecular Hbond substituents is 2. The third kappa shape index (κ3) is 5.12. The number of ether oxygens (including phenoxy) is 2. The lowest BCUT2D eigenvalue weighted by Crippen LogP contribution is -2.24. The Hall–Kier alpha value is -1.78. The number of halogens is 3. The Morgan fingerprint density at radius 1 is 1.23 bits per heavy atom. The molecule has 1 amide bonds. The highest BCUT2D eigenvalue weighted by atomic mass is 79.9. The number of amides is 1. The number of hydrazone groups is 1. The van der Waals surface area contributed by atoms with E-state index in [4.69, 9.17) is 9.47 Å². The Labute approximate surface area is 174 Å². The molecule has 0 aromatic heterocycles. The number of methoxy groups -OCH3 is 1. The number of nitrogens with zero attached hydrogens (tertiary/aromatic N) is 1. The minimum atomic E-state index is -0.470. The minimum Gasteiger partial charge on any atom is -0.504 e. The van der Waals surface area contributed by atoms with E-state index in [1.54, 1.807) is 25.3 Å². The summed E-state index contributed by atoms with van der Waals surface area (Å²) in [6.45, 7) is -0.242. The van der Waals surface area contributed by atoms with Crippen molar-refractivity contribution in [2.24, 2.45) is 5.10 Å². The molecular weight excluding hydrogens is 540 g/mol. The topological polar surface area (TPSA) is 100 Å². The Bertz CT molecular complexity index is 858. The van der Waals surface area contributed by atoms with E-state index >= 15 is 0 Å². The number of benzene rings is 2. The lowest BCUT2D eigenvalue weighted by molar-refractivity contribution is -0.123. The van der Waals surface area contributed by atoms with E-state index in [1.165, 1.54) is 12.3 Å². The van der Waals surface area contributed by atoms with Crippen molar-refractivity contribution in [3.63, 3.8) is 0 Å². The molecule has 0 heterocycles. The molecule has 2 rings (SSSR count). The Kier molecular flexibility index (Phi) is 7.30. The molecular formula is C16H13Br3N2O5. The standard InChI is InChI=1S/C16H13Br3N2O5/c1-25-9-2-3-12(10(17)5-9)26-7-13(23)21-20-6-8-4-11(22)16(24)15(19)14(8)18/h2-6,22,24H,7H2,1H3,(H,21,23)/b20-6-. The summed E-state index contributed by atoms with van der Waals surface area (Å²) in [5.41, 5.74) is 2.76. The number of aromatic hydroxyl groups is 2. The molecule has 2 aromatic rings. The van der Waals surface area contributed by atoms with Crippen molar-refractivity contribution in [1.29, 1.82) is 0 Å². The van der Waals surface area contributed by atoms with Gasteiger partial charge in [-0.15, -0.1) is 0 Å². The lowest BCUT2D eigenvalue weighted by Gasteiger charge is -2.09. The van der Waals surface area contributed by atoms with E-state index in [2.05, 4.69) is 58.3 Å². The first kappa shape index (κ1) is 20.5. The van der Waals surface area contributed by atoms with Gasteiger partial charge in [0, 0.05) is 10.0 Å². The smallest absolute Gasteiger partial charge is 0.277 e. The van der Waals surface area contributed by atoms with Crippen LogP contribution in [0.5, 0.6) is 23.0 Å². The summed E-state index contributed by atoms with van der Waals surface area (Å²) in [5.74, 6) is 0.0615. The third-order valence-electron chi connectivity index (χ3n) is 3.08. The largest absolute Gasteiger partial charge is 0.504 e. The number of carbonyl (C=O) groups is 1. The van der Waals surface area contributed by atoms with Crippen molar-refractivity contribution < 1.29 is 24.5 Å². The monoisotopic (exact) mass is 550 g/mol. The number of hydrogen-bond donors (Lipinski definition) is 3. The highest BCUT2D eigenvalue weighted by Gasteiger charge is 2.12. The Morgan fingerprint density at radius 2 is 1.96 bits per heavy atom. The highest BCUT2D eigenvalue weighted by Crippen LogP contribution is 2.40. The summed E-state index contributed by atoms with van der Waals surface area (Å²) in [6, 6.07) is 6.40. The van der Waals surface area contributed by atoms with E-state index in [1.807, 2.05) is 0 Å². The first-order valence-corrected chi connectivity index (χ1v) is 9.39. The van der Waals surface area contributed by atoms with Gasteiger partial charge in [0.1, 0.15) is 11.5 Å². The maximum absolute atomic E-state index is 11.8. The summed E-state index contributed by atoms with van der Waals surface area (Å²) < 4.78 is 11.9. The van der Waals surface area contributed by atoms with Gasteiger partial charge in [0.2, 0.25) is 0 Å². The maximum Gasteiger partial charge on any atom is 0.277 e. The van der Waals surface area contributed by atoms with E-state index < -0.39 is 5.91 Å². The third-order valence-corrected chi connectivity index (χ3v) is 5.86. The molecule has 7 nitrogen and oxygen atoms in total. The summed E-state index contributed by atoms with van der Waals surface area (Å²) in [5, 5.41) is 23.0. The van der Waals surface area contributed by atoms with Crippen LogP contribution < -0.4 is 14.9 Å². The zero-order valence-electron chi connectivity index (χ0n) is 13.3. The van der Waals surface area contributed by atoms with Gasteiger partial charge in [-0.1, -0.05) is 0 Å². The Morgan fingerprint density at radius 3 is 2.62 bits per heavy atom. The van der Waals surface area contributed by atoms with Crippen LogP contribution in [0.15, 0.2) is 42.8 Å². The first-order chi connectivity index (χ1) is 12.3. The van der Waals surface area contributed by atoms with Crippen LogP contribution in [0.3, 0.4) is 0 Å². The predicted octanol–water partition coefficient (Wildman–Crippen LogP) is 3.92. The van der Waals surface area contributed by atoms with Gasteiger partial charge in [0.25, 0.3) is 5.91 Å². The van der Waals surface area contributed by atoms with Crippen molar-refractivity contribution in [2.75, 3.05) is 13.7 Å². The van der Waals surface area contributed by atoms with Gasteiger partial charge >= 0.3 is 0 Å². The fourth-order valence-electron chi connectivity index (χ4n) is 1.79. The SMILES string of the molecule is COc1ccc(OCC(=O)N/N=C\c2cc(O)c(O)c(Br)c2Br)c(Br)c1. The van der Waals surface area contributed by atoms with Gasteiger partial charge in [-0.05, 0) is 72.1 Å². The van der Waals surface area contributed by atoms with Crippen LogP contribution in [0.1, 0.15) is 5.56 Å². The molecule has 26 heavy (non-hydrogen) atoms. The van der Waals surface area contributed by atoms with E-state index in [0.29, 0.717) is 26.0 Å². The van der Waals surface area contributed by atoms with Crippen LogP contribution in [0, 0.1) is 0 Å². The second kappa shape index (κ2) is 9.24. The van der Waals surface area contributed by atoms with Gasteiger partial charge in [-0.25, -0.2) is 5.43 Å². The molecule has 0 radical (unpaired) electrons. The molecule has 0 saturated heterocycles. The van der Waals surface area contributed by atoms with Crippen molar-refractivity contribution >= 4 is 59.9 Å². The van der Waals surface area contributed by atoms with Crippen molar-refractivity contribution in [2.45, 2.75) is 0 Å². The zero-order valence-corrected chi connectivity index (χ0v) is 18.1. The molecule has 0 aliphatic rings. The Balaban J connectivity index is 1.94. The van der Waals surface area contributed by atoms with E-state index in [9.17, 15) is 15.0 Å². The normalized spacial score (nSPS) is 10.8. The number of rotatable bonds is 6. The molecule has 0 spiro atoms. The van der Waals surface area contributed by atoms with Crippen LogP contribution in [-0.4, -0.2) is 36.1 Å². The van der Waals surface area contributed by atoms with E-state index in [0.717, 1.165) is 0 Å². The van der Waals surface area contributed by atoms with Crippen molar-refractivity contribution in [3.05, 3.63) is 43.2 Å². The summed E-state index contributed by atoms with van der Waals surface area (Å²) in [6.07, 6.45) is 1.31. The van der Waals surface area contributed by atoms with Crippen LogP contribution in [0.4, 0.5) is 0 Å². The van der Waals surface area contributed by atoms with Crippen LogP contribution >= 0.6 is 47.8 Å². The molecule has 2 aromatic carbocycles. The quantitative estimate of drug-likeness (QED) is 0.286. The molecule has 0 bridgehead atoms. The number of nitrogens with one attached hydrogen (secondary N) is 1. The fraction of sp³-hybridized carbons (Fsp3) is 0.125. The fourth-order valence-corrected chi connectivity index (χ4v) is 3.10. The molecule has 0 atom stereocenters. The lowest BCUT2D eigenvalue weighted by atomic mass is 10.2. The zero-order chi connectivity index (χ0) is 19.3.